The van der Waals surface area contributed by atoms with Crippen LogP contribution in [0.5, 0.6) is 0 Å². The Bertz CT molecular complexity index is 322. The molecule has 20 heavy (non-hydrogen) atoms. The average molecular weight is 284 g/mol. The van der Waals surface area contributed by atoms with Crippen molar-refractivity contribution in [2.24, 2.45) is 11.8 Å². The smallest absolute Gasteiger partial charge is 0.323 e. The van der Waals surface area contributed by atoms with Crippen LogP contribution >= 0.6 is 0 Å². The molecule has 1 fully saturated rings. The lowest BCUT2D eigenvalue weighted by atomic mass is 9.85. The van der Waals surface area contributed by atoms with Crippen LogP contribution in [0.3, 0.4) is 0 Å². The molecule has 0 amide bonds. The lowest BCUT2D eigenvalue weighted by Crippen LogP contribution is -2.54. The molecule has 0 aromatic heterocycles. The predicted octanol–water partition coefficient (Wildman–Crippen LogP) is 2.59. The van der Waals surface area contributed by atoms with Crippen molar-refractivity contribution in [3.8, 4) is 0 Å². The van der Waals surface area contributed by atoms with Crippen molar-refractivity contribution in [2.45, 2.75) is 65.5 Å². The highest BCUT2D eigenvalue weighted by Gasteiger charge is 2.35. The van der Waals surface area contributed by atoms with Crippen LogP contribution in [0.1, 0.15) is 53.9 Å². The molecular formula is C16H32N2O2. The second-order valence-corrected chi connectivity index (χ2v) is 6.87. The van der Waals surface area contributed by atoms with E-state index < -0.39 is 11.5 Å². The van der Waals surface area contributed by atoms with Crippen molar-refractivity contribution in [3.63, 3.8) is 0 Å². The standard InChI is InChI=1S/C16H32N2O2/c1-6-8-17-16(5,15(19)20)7-9-18-11-12(2)10-13(3)14(18)4/h12-14,17H,6-11H2,1-5H3,(H,19,20). The van der Waals surface area contributed by atoms with E-state index in [9.17, 15) is 9.90 Å². The van der Waals surface area contributed by atoms with E-state index >= 15 is 0 Å². The zero-order valence-corrected chi connectivity index (χ0v) is 13.8. The van der Waals surface area contributed by atoms with Gasteiger partial charge in [0.1, 0.15) is 5.54 Å². The summed E-state index contributed by atoms with van der Waals surface area (Å²) in [5, 5.41) is 12.7. The fourth-order valence-corrected chi connectivity index (χ4v) is 3.17. The lowest BCUT2D eigenvalue weighted by molar-refractivity contribution is -0.144. The van der Waals surface area contributed by atoms with Gasteiger partial charge in [-0.3, -0.25) is 4.79 Å². The molecular weight excluding hydrogens is 252 g/mol. The van der Waals surface area contributed by atoms with Gasteiger partial charge in [0.15, 0.2) is 0 Å². The molecule has 118 valence electrons. The SMILES string of the molecule is CCCNC(C)(CCN1CC(C)CC(C)C1C)C(=O)O. The Balaban J connectivity index is 2.60. The largest absolute Gasteiger partial charge is 0.480 e. The molecule has 0 radical (unpaired) electrons. The topological polar surface area (TPSA) is 52.6 Å². The summed E-state index contributed by atoms with van der Waals surface area (Å²) in [6.45, 7) is 13.4. The number of carboxylic acid groups (broad SMARTS) is 1. The van der Waals surface area contributed by atoms with Gasteiger partial charge in [-0.15, -0.1) is 0 Å². The van der Waals surface area contributed by atoms with Gasteiger partial charge >= 0.3 is 5.97 Å². The first-order valence-electron chi connectivity index (χ1n) is 8.02. The quantitative estimate of drug-likeness (QED) is 0.754. The number of nitrogens with one attached hydrogen (secondary N) is 1. The summed E-state index contributed by atoms with van der Waals surface area (Å²) in [4.78, 5) is 14.0. The molecule has 1 aliphatic heterocycles. The predicted molar refractivity (Wildman–Crippen MR) is 82.9 cm³/mol. The van der Waals surface area contributed by atoms with Gasteiger partial charge in [-0.05, 0) is 51.5 Å². The Morgan fingerprint density at radius 2 is 2.05 bits per heavy atom. The van der Waals surface area contributed by atoms with Crippen LogP contribution in [0.4, 0.5) is 0 Å². The third-order valence-electron chi connectivity index (χ3n) is 4.86. The van der Waals surface area contributed by atoms with E-state index in [4.69, 9.17) is 0 Å². The fourth-order valence-electron chi connectivity index (χ4n) is 3.17. The first-order valence-corrected chi connectivity index (χ1v) is 8.02. The van der Waals surface area contributed by atoms with Crippen molar-refractivity contribution >= 4 is 5.97 Å². The van der Waals surface area contributed by atoms with E-state index in [1.54, 1.807) is 0 Å². The first kappa shape index (κ1) is 17.4. The maximum absolute atomic E-state index is 11.5. The second kappa shape index (κ2) is 7.41. The molecule has 4 nitrogen and oxygen atoms in total. The van der Waals surface area contributed by atoms with Crippen LogP contribution in [0.2, 0.25) is 0 Å². The van der Waals surface area contributed by atoms with Crippen LogP contribution in [-0.4, -0.2) is 47.2 Å². The minimum atomic E-state index is -0.806. The van der Waals surface area contributed by atoms with Gasteiger partial charge in [-0.1, -0.05) is 20.8 Å². The maximum atomic E-state index is 11.5. The van der Waals surface area contributed by atoms with Crippen molar-refractivity contribution < 1.29 is 9.90 Å². The molecule has 0 saturated carbocycles. The second-order valence-electron chi connectivity index (χ2n) is 6.87. The Hall–Kier alpha value is -0.610. The number of aliphatic carboxylic acids is 1. The molecule has 1 rings (SSSR count). The number of hydrogen-bond acceptors (Lipinski definition) is 3. The van der Waals surface area contributed by atoms with Gasteiger partial charge in [0.05, 0.1) is 0 Å². The molecule has 0 aromatic carbocycles. The van der Waals surface area contributed by atoms with E-state index in [0.717, 1.165) is 26.1 Å². The number of piperidine rings is 1. The monoisotopic (exact) mass is 284 g/mol. The molecule has 1 heterocycles. The van der Waals surface area contributed by atoms with Crippen LogP contribution in [0.25, 0.3) is 0 Å². The molecule has 1 saturated heterocycles. The van der Waals surface area contributed by atoms with Gasteiger partial charge in [0.2, 0.25) is 0 Å². The average Bonchev–Trinajstić information content (AvgIpc) is 2.38. The first-order chi connectivity index (χ1) is 9.30. The number of carbonyl (C=O) groups is 1. The third-order valence-corrected chi connectivity index (χ3v) is 4.86. The molecule has 0 aromatic rings. The highest BCUT2D eigenvalue weighted by molar-refractivity contribution is 5.78. The summed E-state index contributed by atoms with van der Waals surface area (Å²) in [5.41, 5.74) is -0.806. The zero-order chi connectivity index (χ0) is 15.3. The Labute approximate surface area is 123 Å². The Morgan fingerprint density at radius 1 is 1.40 bits per heavy atom. The highest BCUT2D eigenvalue weighted by atomic mass is 16.4. The van der Waals surface area contributed by atoms with Crippen LogP contribution in [0, 0.1) is 11.8 Å². The summed E-state index contributed by atoms with van der Waals surface area (Å²) in [5.74, 6) is 0.663. The van der Waals surface area contributed by atoms with Crippen LogP contribution in [-0.2, 0) is 4.79 Å². The summed E-state index contributed by atoms with van der Waals surface area (Å²) in [6.07, 6.45) is 2.89. The van der Waals surface area contributed by atoms with Crippen molar-refractivity contribution in [1.29, 1.82) is 0 Å². The minimum absolute atomic E-state index is 0.551. The molecule has 1 aliphatic rings. The Morgan fingerprint density at radius 3 is 2.60 bits per heavy atom. The molecule has 0 bridgehead atoms. The number of hydrogen-bond donors (Lipinski definition) is 2. The fraction of sp³-hybridized carbons (Fsp3) is 0.938. The van der Waals surface area contributed by atoms with E-state index in [-0.39, 0.29) is 0 Å². The number of nitrogens with zero attached hydrogens (tertiary/aromatic N) is 1. The van der Waals surface area contributed by atoms with Crippen LogP contribution < -0.4 is 5.32 Å². The number of likely N-dealkylation sites (tertiary alicyclic amines) is 1. The van der Waals surface area contributed by atoms with E-state index in [1.165, 1.54) is 6.42 Å². The van der Waals surface area contributed by atoms with Crippen molar-refractivity contribution in [2.75, 3.05) is 19.6 Å². The van der Waals surface area contributed by atoms with Crippen molar-refractivity contribution in [3.05, 3.63) is 0 Å². The number of rotatable bonds is 7. The molecule has 4 unspecified atom stereocenters. The molecule has 4 heteroatoms. The van der Waals surface area contributed by atoms with E-state index in [2.05, 4.69) is 37.9 Å². The molecule has 2 N–H and O–H groups in total. The normalized spacial score (nSPS) is 30.9. The van der Waals surface area contributed by atoms with E-state index in [1.807, 2.05) is 6.92 Å². The van der Waals surface area contributed by atoms with Gasteiger partial charge < -0.3 is 15.3 Å². The van der Waals surface area contributed by atoms with Gasteiger partial charge in [0, 0.05) is 19.1 Å². The van der Waals surface area contributed by atoms with Crippen LogP contribution in [0.15, 0.2) is 0 Å². The summed E-state index contributed by atoms with van der Waals surface area (Å²) in [6, 6.07) is 0.551. The highest BCUT2D eigenvalue weighted by Crippen LogP contribution is 2.27. The molecule has 0 aliphatic carbocycles. The zero-order valence-electron chi connectivity index (χ0n) is 13.8. The number of carboxylic acids is 1. The summed E-state index contributed by atoms with van der Waals surface area (Å²) in [7, 11) is 0. The molecule has 0 spiro atoms. The molecule has 4 atom stereocenters. The van der Waals surface area contributed by atoms with Gasteiger partial charge in [-0.2, -0.15) is 0 Å². The van der Waals surface area contributed by atoms with Gasteiger partial charge in [0.25, 0.3) is 0 Å². The third kappa shape index (κ3) is 4.45. The Kier molecular flexibility index (Phi) is 6.46. The summed E-state index contributed by atoms with van der Waals surface area (Å²) >= 11 is 0. The van der Waals surface area contributed by atoms with Gasteiger partial charge in [-0.25, -0.2) is 0 Å². The van der Waals surface area contributed by atoms with E-state index in [0.29, 0.717) is 24.3 Å². The lowest BCUT2D eigenvalue weighted by Gasteiger charge is -2.42. The summed E-state index contributed by atoms with van der Waals surface area (Å²) < 4.78 is 0. The minimum Gasteiger partial charge on any atom is -0.480 e. The maximum Gasteiger partial charge on any atom is 0.323 e. The van der Waals surface area contributed by atoms with Crippen molar-refractivity contribution in [1.82, 2.24) is 10.2 Å².